The van der Waals surface area contributed by atoms with E-state index in [0.29, 0.717) is 30.0 Å². The second-order valence-electron chi connectivity index (χ2n) is 4.35. The Kier molecular flexibility index (Phi) is 4.10. The number of rotatable bonds is 4. The monoisotopic (exact) mass is 283 g/mol. The summed E-state index contributed by atoms with van der Waals surface area (Å²) in [7, 11) is 0. The largest absolute Gasteiger partial charge is 0.493 e. The minimum Gasteiger partial charge on any atom is -0.493 e. The smallest absolute Gasteiger partial charge is 0.220 e. The Morgan fingerprint density at radius 3 is 2.95 bits per heavy atom. The van der Waals surface area contributed by atoms with Crippen molar-refractivity contribution in [2.24, 2.45) is 0 Å². The molecular weight excluding hydrogens is 269 g/mol. The Hall–Kier alpha value is -1.55. The lowest BCUT2D eigenvalue weighted by Crippen LogP contribution is -2.14. The lowest BCUT2D eigenvalue weighted by molar-refractivity contribution is -0.119. The Morgan fingerprint density at radius 2 is 2.42 bits per heavy atom. The standard InChI is InChI=1S/C14H15ClFNO2/c1-3-8-5-10(15)13(16)12(14(8)19-4-2)9-6-11(18)17-7-9/h3,5,9H,1,4,6-7H2,2H3,(H,17,18). The zero-order valence-electron chi connectivity index (χ0n) is 10.6. The minimum absolute atomic E-state index is 0.0210. The minimum atomic E-state index is -0.516. The van der Waals surface area contributed by atoms with E-state index in [9.17, 15) is 9.18 Å². The number of ether oxygens (including phenoxy) is 1. The van der Waals surface area contributed by atoms with E-state index in [1.807, 2.05) is 6.92 Å². The van der Waals surface area contributed by atoms with Gasteiger partial charge in [0.25, 0.3) is 0 Å². The van der Waals surface area contributed by atoms with E-state index < -0.39 is 5.82 Å². The molecule has 0 radical (unpaired) electrons. The highest BCUT2D eigenvalue weighted by atomic mass is 35.5. The third kappa shape index (κ3) is 2.59. The molecule has 1 amide bonds. The van der Waals surface area contributed by atoms with Crippen LogP contribution in [0.3, 0.4) is 0 Å². The lowest BCUT2D eigenvalue weighted by Gasteiger charge is -2.18. The number of benzene rings is 1. The van der Waals surface area contributed by atoms with Crippen molar-refractivity contribution >= 4 is 23.6 Å². The van der Waals surface area contributed by atoms with Gasteiger partial charge < -0.3 is 10.1 Å². The van der Waals surface area contributed by atoms with Crippen LogP contribution in [-0.2, 0) is 4.79 Å². The van der Waals surface area contributed by atoms with Crippen LogP contribution in [0.25, 0.3) is 6.08 Å². The molecule has 1 aromatic carbocycles. The average molecular weight is 284 g/mol. The van der Waals surface area contributed by atoms with Gasteiger partial charge in [0.15, 0.2) is 0 Å². The highest BCUT2D eigenvalue weighted by molar-refractivity contribution is 6.31. The highest BCUT2D eigenvalue weighted by Crippen LogP contribution is 2.39. The number of nitrogens with one attached hydrogen (secondary N) is 1. The summed E-state index contributed by atoms with van der Waals surface area (Å²) in [4.78, 5) is 11.3. The topological polar surface area (TPSA) is 38.3 Å². The van der Waals surface area contributed by atoms with Crippen LogP contribution in [0.2, 0.25) is 5.02 Å². The van der Waals surface area contributed by atoms with Gasteiger partial charge in [-0.1, -0.05) is 24.3 Å². The van der Waals surface area contributed by atoms with Gasteiger partial charge >= 0.3 is 0 Å². The van der Waals surface area contributed by atoms with E-state index in [1.54, 1.807) is 6.08 Å². The van der Waals surface area contributed by atoms with Gasteiger partial charge in [0.2, 0.25) is 5.91 Å². The van der Waals surface area contributed by atoms with E-state index in [0.717, 1.165) is 0 Å². The summed E-state index contributed by atoms with van der Waals surface area (Å²) < 4.78 is 19.8. The van der Waals surface area contributed by atoms with Gasteiger partial charge in [-0.05, 0) is 13.0 Å². The molecule has 1 aliphatic heterocycles. The number of halogens is 2. The molecule has 5 heteroatoms. The first-order valence-corrected chi connectivity index (χ1v) is 6.50. The molecule has 1 unspecified atom stereocenters. The summed E-state index contributed by atoms with van der Waals surface area (Å²) in [5.74, 6) is -0.434. The fourth-order valence-corrected chi connectivity index (χ4v) is 2.50. The summed E-state index contributed by atoms with van der Waals surface area (Å²) in [6.45, 7) is 6.31. The fraction of sp³-hybridized carbons (Fsp3) is 0.357. The molecule has 19 heavy (non-hydrogen) atoms. The molecule has 3 nitrogen and oxygen atoms in total. The maximum atomic E-state index is 14.3. The number of hydrogen-bond donors (Lipinski definition) is 1. The molecule has 0 spiro atoms. The second-order valence-corrected chi connectivity index (χ2v) is 4.75. The van der Waals surface area contributed by atoms with Crippen molar-refractivity contribution in [3.8, 4) is 5.75 Å². The van der Waals surface area contributed by atoms with Crippen LogP contribution in [0.5, 0.6) is 5.75 Å². The van der Waals surface area contributed by atoms with Crippen LogP contribution in [0, 0.1) is 5.82 Å². The normalized spacial score (nSPS) is 18.3. The van der Waals surface area contributed by atoms with E-state index in [-0.39, 0.29) is 23.3 Å². The van der Waals surface area contributed by atoms with Gasteiger partial charge in [-0.25, -0.2) is 4.39 Å². The lowest BCUT2D eigenvalue weighted by atomic mass is 9.94. The molecule has 0 aliphatic carbocycles. The van der Waals surface area contributed by atoms with Crippen LogP contribution in [0.1, 0.15) is 30.4 Å². The molecule has 0 saturated carbocycles. The zero-order chi connectivity index (χ0) is 14.0. The van der Waals surface area contributed by atoms with E-state index in [2.05, 4.69) is 11.9 Å². The van der Waals surface area contributed by atoms with Crippen molar-refractivity contribution in [1.82, 2.24) is 5.32 Å². The van der Waals surface area contributed by atoms with Crippen molar-refractivity contribution in [2.45, 2.75) is 19.3 Å². The maximum absolute atomic E-state index is 14.3. The second kappa shape index (κ2) is 5.61. The summed E-state index contributed by atoms with van der Waals surface area (Å²) in [5.41, 5.74) is 1.00. The highest BCUT2D eigenvalue weighted by Gasteiger charge is 2.30. The Labute approximate surface area is 116 Å². The number of amides is 1. The molecule has 1 N–H and O–H groups in total. The summed E-state index contributed by atoms with van der Waals surface area (Å²) in [5, 5.41) is 2.71. The van der Waals surface area contributed by atoms with Gasteiger partial charge in [-0.15, -0.1) is 0 Å². The molecule has 1 heterocycles. The maximum Gasteiger partial charge on any atom is 0.220 e. The van der Waals surface area contributed by atoms with Crippen LogP contribution in [0.4, 0.5) is 4.39 Å². The van der Waals surface area contributed by atoms with Crippen LogP contribution >= 0.6 is 11.6 Å². The van der Waals surface area contributed by atoms with Crippen molar-refractivity contribution in [3.05, 3.63) is 34.6 Å². The predicted molar refractivity (Wildman–Crippen MR) is 73.0 cm³/mol. The van der Waals surface area contributed by atoms with E-state index in [4.69, 9.17) is 16.3 Å². The molecule has 2 rings (SSSR count). The SMILES string of the molecule is C=Cc1cc(Cl)c(F)c(C2CNC(=O)C2)c1OCC. The molecule has 1 fully saturated rings. The fourth-order valence-electron chi connectivity index (χ4n) is 2.28. The van der Waals surface area contributed by atoms with Crippen molar-refractivity contribution in [3.63, 3.8) is 0 Å². The van der Waals surface area contributed by atoms with E-state index in [1.165, 1.54) is 6.07 Å². The Morgan fingerprint density at radius 1 is 1.68 bits per heavy atom. The van der Waals surface area contributed by atoms with Crippen LogP contribution < -0.4 is 10.1 Å². The third-order valence-electron chi connectivity index (χ3n) is 3.13. The first-order valence-electron chi connectivity index (χ1n) is 6.12. The molecule has 0 bridgehead atoms. The average Bonchev–Trinajstić information content (AvgIpc) is 2.80. The van der Waals surface area contributed by atoms with Crippen molar-refractivity contribution in [2.75, 3.05) is 13.2 Å². The molecular formula is C14H15ClFNO2. The number of carbonyl (C=O) groups is 1. The molecule has 102 valence electrons. The summed E-state index contributed by atoms with van der Waals surface area (Å²) in [6.07, 6.45) is 1.82. The molecule has 0 aromatic heterocycles. The molecule has 1 aliphatic rings. The summed E-state index contributed by atoms with van der Waals surface area (Å²) >= 11 is 5.90. The van der Waals surface area contributed by atoms with E-state index >= 15 is 0 Å². The van der Waals surface area contributed by atoms with Gasteiger partial charge in [0, 0.05) is 30.0 Å². The van der Waals surface area contributed by atoms with Crippen molar-refractivity contribution in [1.29, 1.82) is 0 Å². The van der Waals surface area contributed by atoms with Gasteiger partial charge in [-0.3, -0.25) is 4.79 Å². The van der Waals surface area contributed by atoms with Crippen LogP contribution in [0.15, 0.2) is 12.6 Å². The Balaban J connectivity index is 2.57. The van der Waals surface area contributed by atoms with Gasteiger partial charge in [-0.2, -0.15) is 0 Å². The number of carbonyl (C=O) groups excluding carboxylic acids is 1. The number of hydrogen-bond acceptors (Lipinski definition) is 2. The summed E-state index contributed by atoms with van der Waals surface area (Å²) in [6, 6.07) is 1.49. The van der Waals surface area contributed by atoms with Crippen molar-refractivity contribution < 1.29 is 13.9 Å². The third-order valence-corrected chi connectivity index (χ3v) is 3.40. The van der Waals surface area contributed by atoms with Crippen LogP contribution in [-0.4, -0.2) is 19.1 Å². The zero-order valence-corrected chi connectivity index (χ0v) is 11.4. The molecule has 1 atom stereocenters. The van der Waals surface area contributed by atoms with Gasteiger partial charge in [0.05, 0.1) is 11.6 Å². The van der Waals surface area contributed by atoms with Gasteiger partial charge in [0.1, 0.15) is 11.6 Å². The molecule has 1 aromatic rings. The predicted octanol–water partition coefficient (Wildman–Crippen LogP) is 3.12. The first-order chi connectivity index (χ1) is 9.08. The molecule has 1 saturated heterocycles. The first kappa shape index (κ1) is 13.9. The Bertz CT molecular complexity index is 531. The quantitative estimate of drug-likeness (QED) is 0.922.